The maximum atomic E-state index is 12.2. The van der Waals surface area contributed by atoms with Crippen LogP contribution < -0.4 is 5.32 Å². The number of oxime groups is 2. The van der Waals surface area contributed by atoms with E-state index in [1.165, 1.54) is 7.11 Å². The van der Waals surface area contributed by atoms with Crippen LogP contribution in [0.25, 0.3) is 0 Å². The molecule has 0 aromatic heterocycles. The molecule has 0 aliphatic carbocycles. The van der Waals surface area contributed by atoms with Gasteiger partial charge in [-0.1, -0.05) is 72.7 Å². The van der Waals surface area contributed by atoms with E-state index < -0.39 is 0 Å². The third-order valence-corrected chi connectivity index (χ3v) is 4.28. The zero-order valence-electron chi connectivity index (χ0n) is 17.0. The molecular weight excluding hydrogens is 354 g/mol. The third kappa shape index (κ3) is 5.19. The van der Waals surface area contributed by atoms with Crippen molar-refractivity contribution in [2.45, 2.75) is 27.4 Å². The maximum absolute atomic E-state index is 12.2. The van der Waals surface area contributed by atoms with Gasteiger partial charge in [-0.15, -0.1) is 0 Å². The first-order valence-electron chi connectivity index (χ1n) is 9.17. The summed E-state index contributed by atoms with van der Waals surface area (Å²) in [6.07, 6.45) is 0. The van der Waals surface area contributed by atoms with Crippen molar-refractivity contribution < 1.29 is 14.5 Å². The Morgan fingerprint density at radius 2 is 1.79 bits per heavy atom. The molecule has 0 aliphatic rings. The number of hydrogen-bond donors (Lipinski definition) is 1. The maximum Gasteiger partial charge on any atom is 0.273 e. The molecule has 2 aromatic rings. The molecule has 1 N–H and O–H groups in total. The first kappa shape index (κ1) is 21.2. The van der Waals surface area contributed by atoms with E-state index >= 15 is 0 Å². The van der Waals surface area contributed by atoms with Gasteiger partial charge < -0.3 is 15.0 Å². The molecule has 0 spiro atoms. The minimum Gasteiger partial charge on any atom is -0.398 e. The number of carbonyl (C=O) groups excluding carboxylic acids is 1. The van der Waals surface area contributed by atoms with Crippen LogP contribution in [-0.2, 0) is 21.1 Å². The molecule has 0 heterocycles. The van der Waals surface area contributed by atoms with Crippen LogP contribution in [0.5, 0.6) is 0 Å². The second kappa shape index (κ2) is 10.3. The molecule has 0 bridgehead atoms. The van der Waals surface area contributed by atoms with Gasteiger partial charge >= 0.3 is 0 Å². The summed E-state index contributed by atoms with van der Waals surface area (Å²) in [5, 5.41) is 10.9. The average molecular weight is 381 g/mol. The summed E-state index contributed by atoms with van der Waals surface area (Å²) in [5.74, 6) is -0.125. The summed E-state index contributed by atoms with van der Waals surface area (Å²) < 4.78 is 0. The summed E-state index contributed by atoms with van der Waals surface area (Å²) in [7, 11) is 2.96. The number of aryl methyl sites for hydroxylation is 1. The van der Waals surface area contributed by atoms with Gasteiger partial charge in [0, 0.05) is 18.2 Å². The highest BCUT2D eigenvalue weighted by molar-refractivity contribution is 6.45. The molecule has 0 atom stereocenters. The van der Waals surface area contributed by atoms with Crippen LogP contribution in [-0.4, -0.2) is 31.5 Å². The van der Waals surface area contributed by atoms with Crippen molar-refractivity contribution in [2.75, 3.05) is 14.2 Å². The van der Waals surface area contributed by atoms with Crippen LogP contribution >= 0.6 is 0 Å². The van der Waals surface area contributed by atoms with Crippen LogP contribution in [0.15, 0.2) is 58.8 Å². The van der Waals surface area contributed by atoms with Gasteiger partial charge in [0.05, 0.1) is 5.71 Å². The number of carbonyl (C=O) groups is 1. The summed E-state index contributed by atoms with van der Waals surface area (Å²) >= 11 is 0. The number of nitrogens with one attached hydrogen (secondary N) is 1. The first-order chi connectivity index (χ1) is 13.5. The highest BCUT2D eigenvalue weighted by Crippen LogP contribution is 2.18. The molecule has 0 saturated heterocycles. The van der Waals surface area contributed by atoms with Crippen LogP contribution in [0, 0.1) is 12.8 Å². The molecular formula is C22H27N3O3. The van der Waals surface area contributed by atoms with E-state index in [1.807, 2.05) is 55.5 Å². The van der Waals surface area contributed by atoms with E-state index in [0.29, 0.717) is 5.56 Å². The third-order valence-electron chi connectivity index (χ3n) is 4.28. The van der Waals surface area contributed by atoms with Crippen molar-refractivity contribution in [3.05, 3.63) is 70.8 Å². The molecule has 0 unspecified atom stereocenters. The van der Waals surface area contributed by atoms with Gasteiger partial charge in [0.2, 0.25) is 0 Å². The Morgan fingerprint density at radius 1 is 1.07 bits per heavy atom. The van der Waals surface area contributed by atoms with Crippen LogP contribution in [0.3, 0.4) is 0 Å². The molecule has 0 radical (unpaired) electrons. The lowest BCUT2D eigenvalue weighted by Gasteiger charge is -2.14. The lowest BCUT2D eigenvalue weighted by atomic mass is 9.98. The van der Waals surface area contributed by atoms with E-state index in [1.54, 1.807) is 7.05 Å². The fourth-order valence-corrected chi connectivity index (χ4v) is 2.81. The smallest absolute Gasteiger partial charge is 0.273 e. The molecule has 28 heavy (non-hydrogen) atoms. The molecule has 2 aromatic carbocycles. The van der Waals surface area contributed by atoms with Crippen molar-refractivity contribution >= 4 is 17.3 Å². The van der Waals surface area contributed by atoms with Crippen LogP contribution in [0.4, 0.5) is 0 Å². The van der Waals surface area contributed by atoms with E-state index in [2.05, 4.69) is 29.5 Å². The number of amides is 1. The lowest BCUT2D eigenvalue weighted by molar-refractivity contribution is -0.114. The van der Waals surface area contributed by atoms with Gasteiger partial charge in [-0.3, -0.25) is 4.79 Å². The van der Waals surface area contributed by atoms with Crippen molar-refractivity contribution in [1.82, 2.24) is 5.32 Å². The fourth-order valence-electron chi connectivity index (χ4n) is 2.81. The molecule has 1 amide bonds. The highest BCUT2D eigenvalue weighted by Gasteiger charge is 2.19. The van der Waals surface area contributed by atoms with Crippen molar-refractivity contribution in [3.8, 4) is 0 Å². The second-order valence-electron chi connectivity index (χ2n) is 6.57. The van der Waals surface area contributed by atoms with Crippen LogP contribution in [0.2, 0.25) is 0 Å². The normalized spacial score (nSPS) is 12.1. The van der Waals surface area contributed by atoms with Gasteiger partial charge in [0.15, 0.2) is 5.71 Å². The number of benzene rings is 2. The highest BCUT2D eigenvalue weighted by atomic mass is 16.6. The van der Waals surface area contributed by atoms with E-state index in [0.717, 1.165) is 22.4 Å². The Balaban J connectivity index is 2.34. The Morgan fingerprint density at radius 3 is 2.39 bits per heavy atom. The molecule has 0 saturated carbocycles. The molecule has 148 valence electrons. The SMILES string of the molecule is CNC(=O)/C(=N/OC)c1cccc(C)c1CO/N=C(/c1ccccc1)C(C)C. The summed E-state index contributed by atoms with van der Waals surface area (Å²) in [4.78, 5) is 22.8. The van der Waals surface area contributed by atoms with Crippen molar-refractivity contribution in [3.63, 3.8) is 0 Å². The number of rotatable bonds is 8. The Bertz CT molecular complexity index is 859. The minimum atomic E-state index is -0.329. The molecule has 0 fully saturated rings. The lowest BCUT2D eigenvalue weighted by Crippen LogP contribution is -2.29. The Hall–Kier alpha value is -3.15. The van der Waals surface area contributed by atoms with Gasteiger partial charge in [0.25, 0.3) is 5.91 Å². The predicted molar refractivity (Wildman–Crippen MR) is 111 cm³/mol. The van der Waals surface area contributed by atoms with E-state index in [9.17, 15) is 4.79 Å². The van der Waals surface area contributed by atoms with Gasteiger partial charge in [-0.25, -0.2) is 0 Å². The van der Waals surface area contributed by atoms with Crippen molar-refractivity contribution in [1.29, 1.82) is 0 Å². The summed E-state index contributed by atoms with van der Waals surface area (Å²) in [6.45, 7) is 6.32. The van der Waals surface area contributed by atoms with E-state index in [4.69, 9.17) is 9.68 Å². The predicted octanol–water partition coefficient (Wildman–Crippen LogP) is 3.67. The number of likely N-dealkylation sites (N-methyl/N-ethyl adjacent to an activating group) is 1. The van der Waals surface area contributed by atoms with Crippen molar-refractivity contribution in [2.24, 2.45) is 16.2 Å². The quantitative estimate of drug-likeness (QED) is 0.560. The first-order valence-corrected chi connectivity index (χ1v) is 9.17. The Kier molecular flexibility index (Phi) is 7.75. The Labute approximate surface area is 166 Å². The second-order valence-corrected chi connectivity index (χ2v) is 6.57. The average Bonchev–Trinajstić information content (AvgIpc) is 2.70. The van der Waals surface area contributed by atoms with Gasteiger partial charge in [-0.05, 0) is 24.0 Å². The largest absolute Gasteiger partial charge is 0.398 e. The molecule has 0 aliphatic heterocycles. The van der Waals surface area contributed by atoms with Gasteiger partial charge in [0.1, 0.15) is 13.7 Å². The summed E-state index contributed by atoms with van der Waals surface area (Å²) in [6, 6.07) is 15.6. The standard InChI is InChI=1S/C22H27N3O3/c1-15(2)20(17-11-7-6-8-12-17)25-28-14-19-16(3)10-9-13-18(19)21(24-27-5)22(26)23-4/h6-13,15H,14H2,1-5H3,(H,23,26)/b24-21+,25-20+. The number of hydrogen-bond acceptors (Lipinski definition) is 5. The monoisotopic (exact) mass is 381 g/mol. The summed E-state index contributed by atoms with van der Waals surface area (Å²) in [5.41, 5.74) is 4.56. The minimum absolute atomic E-state index is 0.198. The molecule has 6 heteroatoms. The van der Waals surface area contributed by atoms with Gasteiger partial charge in [-0.2, -0.15) is 0 Å². The van der Waals surface area contributed by atoms with E-state index in [-0.39, 0.29) is 24.1 Å². The number of nitrogens with zero attached hydrogens (tertiary/aromatic N) is 2. The molecule has 6 nitrogen and oxygen atoms in total. The molecule has 2 rings (SSSR count). The zero-order valence-corrected chi connectivity index (χ0v) is 17.0. The fraction of sp³-hybridized carbons (Fsp3) is 0.318. The zero-order chi connectivity index (χ0) is 20.5. The topological polar surface area (TPSA) is 72.3 Å². The van der Waals surface area contributed by atoms with Crippen LogP contribution in [0.1, 0.15) is 36.1 Å².